The van der Waals surface area contributed by atoms with E-state index < -0.39 is 32.0 Å². The van der Waals surface area contributed by atoms with Crippen LogP contribution in [0.2, 0.25) is 0 Å². The van der Waals surface area contributed by atoms with Crippen LogP contribution in [0.25, 0.3) is 0 Å². The summed E-state index contributed by atoms with van der Waals surface area (Å²) in [7, 11) is 0. The molecule has 13 heteroatoms. The first-order valence-corrected chi connectivity index (χ1v) is 2.80. The Hall–Kier alpha value is -0.764. The van der Waals surface area contributed by atoms with Gasteiger partial charge in [-0.2, -0.15) is 0 Å². The predicted octanol–water partition coefficient (Wildman–Crippen LogP) is -1.90. The summed E-state index contributed by atoms with van der Waals surface area (Å²) in [6, 6.07) is 0. The summed E-state index contributed by atoms with van der Waals surface area (Å²) in [5, 5.41) is 40.0. The molecule has 15 heavy (non-hydrogen) atoms. The minimum absolute atomic E-state index is 0. The van der Waals surface area contributed by atoms with Crippen molar-refractivity contribution in [1.82, 2.24) is 0 Å². The van der Waals surface area contributed by atoms with Crippen LogP contribution in [0, 0.1) is 40.5 Å². The molecule has 0 fully saturated rings. The molecule has 0 radical (unpaired) electrons. The molecule has 0 N–H and O–H groups in total. The van der Waals surface area contributed by atoms with Gasteiger partial charge in [0.25, 0.3) is 0 Å². The fourth-order valence-corrected chi connectivity index (χ4v) is 0.546. The van der Waals surface area contributed by atoms with E-state index in [-0.39, 0.29) is 51.4 Å². The van der Waals surface area contributed by atoms with Crippen LogP contribution in [0.4, 0.5) is 0 Å². The summed E-state index contributed by atoms with van der Waals surface area (Å²) in [5.74, 6) is -4.01. The molecule has 12 nitrogen and oxygen atoms in total. The van der Waals surface area contributed by atoms with Gasteiger partial charge in [-0.25, -0.2) is 0 Å². The van der Waals surface area contributed by atoms with E-state index >= 15 is 0 Å². The van der Waals surface area contributed by atoms with Crippen LogP contribution in [-0.4, -0.2) is 83.4 Å². The predicted molar refractivity (Wildman–Crippen MR) is 42.7 cm³/mol. The van der Waals surface area contributed by atoms with Gasteiger partial charge >= 0.3 is 63.7 Å². The summed E-state index contributed by atoms with van der Waals surface area (Å²) in [6.07, 6.45) is 0. The minimum atomic E-state index is -4.01. The average Bonchev–Trinajstić information content (AvgIpc) is 1.97. The second-order valence-corrected chi connectivity index (χ2v) is 2.04. The number of hydrogen-bond donors (Lipinski definition) is 0. The van der Waals surface area contributed by atoms with Crippen LogP contribution in [0.15, 0.2) is 0 Å². The molecular weight excluding hydrogens is 247 g/mol. The van der Waals surface area contributed by atoms with Crippen molar-refractivity contribution in [2.45, 2.75) is 5.79 Å². The van der Waals surface area contributed by atoms with E-state index in [0.29, 0.717) is 0 Å². The zero-order chi connectivity index (χ0) is 11.5. The fourth-order valence-electron chi connectivity index (χ4n) is 0.546. The zero-order valence-electron chi connectivity index (χ0n) is 6.26. The van der Waals surface area contributed by atoms with Crippen LogP contribution in [0.5, 0.6) is 0 Å². The molecule has 0 aliphatic carbocycles. The van der Waals surface area contributed by atoms with Crippen molar-refractivity contribution in [2.24, 2.45) is 0 Å². The Morgan fingerprint density at radius 1 is 0.800 bits per heavy atom. The van der Waals surface area contributed by atoms with Crippen molar-refractivity contribution >= 4 is 51.4 Å². The standard InChI is InChI=1S/C2H2N4O8.K.H/c7-3(8)1-2(4(9)10,5(11)12)6(13)14;;/h1H2;;. The third-order valence-corrected chi connectivity index (χ3v) is 1.22. The average molecular weight is 250 g/mol. The van der Waals surface area contributed by atoms with Crippen LogP contribution in [-0.2, 0) is 0 Å². The molecule has 0 aliphatic rings. The van der Waals surface area contributed by atoms with E-state index in [9.17, 15) is 40.5 Å². The topological polar surface area (TPSA) is 173 Å². The van der Waals surface area contributed by atoms with Crippen LogP contribution >= 0.6 is 0 Å². The van der Waals surface area contributed by atoms with Gasteiger partial charge in [0, 0.05) is 4.92 Å². The molecular formula is C2H3KN4O8. The van der Waals surface area contributed by atoms with Crippen LogP contribution < -0.4 is 0 Å². The molecule has 0 atom stereocenters. The molecule has 0 bridgehead atoms. The molecule has 0 spiro atoms. The molecule has 0 amide bonds. The van der Waals surface area contributed by atoms with E-state index in [1.165, 1.54) is 0 Å². The van der Waals surface area contributed by atoms with E-state index in [1.54, 1.807) is 0 Å². The van der Waals surface area contributed by atoms with Gasteiger partial charge < -0.3 is 0 Å². The van der Waals surface area contributed by atoms with Gasteiger partial charge in [0.05, 0.1) is 0 Å². The van der Waals surface area contributed by atoms with Crippen LogP contribution in [0.3, 0.4) is 0 Å². The van der Waals surface area contributed by atoms with Gasteiger partial charge in [0.15, 0.2) is 14.8 Å². The molecule has 80 valence electrons. The first kappa shape index (κ1) is 16.7. The number of rotatable bonds is 5. The van der Waals surface area contributed by atoms with E-state index in [4.69, 9.17) is 0 Å². The summed E-state index contributed by atoms with van der Waals surface area (Å²) < 4.78 is 0. The van der Waals surface area contributed by atoms with E-state index in [0.717, 1.165) is 0 Å². The molecule has 0 aliphatic heterocycles. The first-order valence-electron chi connectivity index (χ1n) is 2.80. The number of hydrogen-bond acceptors (Lipinski definition) is 8. The number of nitro groups is 4. The molecule has 0 rings (SSSR count). The van der Waals surface area contributed by atoms with E-state index in [1.807, 2.05) is 0 Å². The van der Waals surface area contributed by atoms with Crippen molar-refractivity contribution in [3.63, 3.8) is 0 Å². The van der Waals surface area contributed by atoms with Gasteiger partial charge in [0.2, 0.25) is 0 Å². The summed E-state index contributed by atoms with van der Waals surface area (Å²) in [4.78, 5) is 32.8. The fraction of sp³-hybridized carbons (Fsp3) is 1.00. The normalized spacial score (nSPS) is 9.87. The summed E-state index contributed by atoms with van der Waals surface area (Å²) >= 11 is 0. The third kappa shape index (κ3) is 3.38. The Kier molecular flexibility index (Phi) is 6.62. The Morgan fingerprint density at radius 2 is 1.07 bits per heavy atom. The Bertz CT molecular complexity index is 278. The monoisotopic (exact) mass is 250 g/mol. The molecule has 0 aromatic carbocycles. The zero-order valence-corrected chi connectivity index (χ0v) is 6.26. The first-order chi connectivity index (χ1) is 6.25. The second kappa shape index (κ2) is 5.96. The van der Waals surface area contributed by atoms with Crippen LogP contribution in [0.1, 0.15) is 0 Å². The molecule has 0 unspecified atom stereocenters. The van der Waals surface area contributed by atoms with Crippen molar-refractivity contribution in [1.29, 1.82) is 0 Å². The van der Waals surface area contributed by atoms with Gasteiger partial charge in [-0.15, -0.1) is 0 Å². The molecule has 0 saturated carbocycles. The van der Waals surface area contributed by atoms with Gasteiger partial charge in [-0.05, 0) is 0 Å². The Labute approximate surface area is 123 Å². The van der Waals surface area contributed by atoms with Crippen molar-refractivity contribution in [2.75, 3.05) is 6.54 Å². The molecule has 0 aromatic heterocycles. The summed E-state index contributed by atoms with van der Waals surface area (Å²) in [5.41, 5.74) is 0. The van der Waals surface area contributed by atoms with Crippen molar-refractivity contribution in [3.05, 3.63) is 40.5 Å². The molecule has 0 saturated heterocycles. The maximum absolute atomic E-state index is 10.1. The maximum atomic E-state index is 10.1. The third-order valence-electron chi connectivity index (χ3n) is 1.22. The van der Waals surface area contributed by atoms with Gasteiger partial charge in [-0.1, -0.05) is 0 Å². The van der Waals surface area contributed by atoms with Gasteiger partial charge in [0.1, 0.15) is 0 Å². The number of nitrogens with zero attached hydrogens (tertiary/aromatic N) is 4. The Balaban J connectivity index is 0. The van der Waals surface area contributed by atoms with E-state index in [2.05, 4.69) is 0 Å². The van der Waals surface area contributed by atoms with Crippen molar-refractivity contribution in [3.8, 4) is 0 Å². The molecule has 0 aromatic rings. The Morgan fingerprint density at radius 3 is 1.13 bits per heavy atom. The molecule has 0 heterocycles. The van der Waals surface area contributed by atoms with Crippen molar-refractivity contribution < 1.29 is 19.7 Å². The SMILES string of the molecule is O=[N+]([O-])CC([N+](=O)[O-])([N+](=O)[O-])[N+](=O)[O-].[KH]. The summed E-state index contributed by atoms with van der Waals surface area (Å²) in [6.45, 7) is -2.01. The van der Waals surface area contributed by atoms with Gasteiger partial charge in [-0.3, -0.25) is 40.5 Å². The quantitative estimate of drug-likeness (QED) is 0.235. The second-order valence-electron chi connectivity index (χ2n) is 2.04.